The molecule has 0 unspecified atom stereocenters. The van der Waals surface area contributed by atoms with Crippen LogP contribution in [0.3, 0.4) is 0 Å². The van der Waals surface area contributed by atoms with Crippen molar-refractivity contribution in [3.63, 3.8) is 0 Å². The molecule has 4 aromatic carbocycles. The van der Waals surface area contributed by atoms with Crippen LogP contribution in [0, 0.1) is 0 Å². The third kappa shape index (κ3) is 8.90. The smallest absolute Gasteiger partial charge is 0.407 e. The maximum Gasteiger partial charge on any atom is 0.407 e. The fourth-order valence-corrected chi connectivity index (χ4v) is 9.08. The van der Waals surface area contributed by atoms with Gasteiger partial charge >= 0.3 is 6.09 Å². The summed E-state index contributed by atoms with van der Waals surface area (Å²) in [6.07, 6.45) is 6.82. The summed E-state index contributed by atoms with van der Waals surface area (Å²) in [5.74, 6) is 1.48. The maximum absolute atomic E-state index is 13.9. The Kier molecular flexibility index (Phi) is 12.2. The van der Waals surface area contributed by atoms with E-state index >= 15 is 0 Å². The number of H-pyrrole nitrogens is 2. The lowest BCUT2D eigenvalue weighted by molar-refractivity contribution is -0.134. The number of morpholine rings is 1. The van der Waals surface area contributed by atoms with Gasteiger partial charge in [-0.15, -0.1) is 0 Å². The molecule has 0 aliphatic carbocycles. The summed E-state index contributed by atoms with van der Waals surface area (Å²) >= 11 is 0. The second kappa shape index (κ2) is 18.6. The Morgan fingerprint density at radius 3 is 1.82 bits per heavy atom. The highest BCUT2D eigenvalue weighted by Crippen LogP contribution is 2.36. The molecule has 13 nitrogen and oxygen atoms in total. The number of aromatic nitrogens is 4. The Hall–Kier alpha value is -6.57. The number of hydrogen-bond donors (Lipinski definition) is 3. The lowest BCUT2D eigenvalue weighted by Gasteiger charge is -2.28. The second-order valence-electron chi connectivity index (χ2n) is 16.3. The number of hydrogen-bond acceptors (Lipinski definition) is 8. The van der Waals surface area contributed by atoms with Crippen molar-refractivity contribution >= 4 is 17.9 Å². The van der Waals surface area contributed by atoms with E-state index in [1.54, 1.807) is 4.90 Å². The van der Waals surface area contributed by atoms with E-state index in [2.05, 4.69) is 86.9 Å². The number of carbonyl (C=O) groups excluding carboxylic acids is 3. The highest BCUT2D eigenvalue weighted by molar-refractivity contribution is 5.87. The number of amides is 3. The monoisotopic (exact) mass is 832 g/mol. The van der Waals surface area contributed by atoms with Gasteiger partial charge in [-0.2, -0.15) is 0 Å². The van der Waals surface area contributed by atoms with E-state index in [0.717, 1.165) is 110 Å². The number of imidazole rings is 2. The van der Waals surface area contributed by atoms with E-state index < -0.39 is 12.1 Å². The number of rotatable bonds is 12. The summed E-state index contributed by atoms with van der Waals surface area (Å²) in [5, 5.41) is 2.72. The van der Waals surface area contributed by atoms with Gasteiger partial charge in [-0.05, 0) is 64.6 Å². The molecule has 3 aliphatic rings. The van der Waals surface area contributed by atoms with Gasteiger partial charge in [0.1, 0.15) is 17.7 Å². The average Bonchev–Trinajstić information content (AvgIpc) is 4.17. The fourth-order valence-electron chi connectivity index (χ4n) is 9.08. The molecule has 6 aromatic rings. The van der Waals surface area contributed by atoms with Gasteiger partial charge in [0, 0.05) is 32.7 Å². The van der Waals surface area contributed by atoms with Crippen LogP contribution in [0.5, 0.6) is 0 Å². The molecule has 0 bridgehead atoms. The highest BCUT2D eigenvalue weighted by atomic mass is 16.5. The summed E-state index contributed by atoms with van der Waals surface area (Å²) < 4.78 is 10.4. The first-order chi connectivity index (χ1) is 30.4. The Labute approximate surface area is 361 Å². The molecular weight excluding hydrogens is 781 g/mol. The quantitative estimate of drug-likeness (QED) is 0.114. The molecule has 3 saturated heterocycles. The Morgan fingerprint density at radius 1 is 0.694 bits per heavy atom. The molecule has 3 atom stereocenters. The molecule has 0 radical (unpaired) electrons. The molecule has 2 aromatic heterocycles. The fraction of sp³-hybridized carbons (Fsp3) is 0.327. The molecular formula is C49H52N8O5. The van der Waals surface area contributed by atoms with Crippen molar-refractivity contribution in [1.29, 1.82) is 0 Å². The molecule has 3 fully saturated rings. The van der Waals surface area contributed by atoms with Gasteiger partial charge in [-0.1, -0.05) is 103 Å². The number of carbonyl (C=O) groups is 3. The number of benzene rings is 4. The van der Waals surface area contributed by atoms with Crippen LogP contribution in [0.25, 0.3) is 33.6 Å². The van der Waals surface area contributed by atoms with Gasteiger partial charge in [0.15, 0.2) is 0 Å². The number of aromatic amines is 2. The zero-order valence-electron chi connectivity index (χ0n) is 35.0. The minimum atomic E-state index is -0.872. The van der Waals surface area contributed by atoms with Gasteiger partial charge in [-0.25, -0.2) is 14.8 Å². The van der Waals surface area contributed by atoms with Crippen LogP contribution < -0.4 is 5.32 Å². The first-order valence-electron chi connectivity index (χ1n) is 21.6. The molecule has 0 saturated carbocycles. The van der Waals surface area contributed by atoms with Crippen molar-refractivity contribution in [3.8, 4) is 33.6 Å². The lowest BCUT2D eigenvalue weighted by atomic mass is 10.0. The van der Waals surface area contributed by atoms with Crippen molar-refractivity contribution in [2.24, 2.45) is 0 Å². The molecule has 13 heteroatoms. The van der Waals surface area contributed by atoms with Crippen molar-refractivity contribution in [1.82, 2.24) is 40.0 Å². The number of likely N-dealkylation sites (tertiary alicyclic amines) is 2. The summed E-state index contributed by atoms with van der Waals surface area (Å²) in [4.78, 5) is 62.7. The zero-order valence-corrected chi connectivity index (χ0v) is 35.0. The summed E-state index contributed by atoms with van der Waals surface area (Å²) in [6, 6.07) is 33.1. The predicted octanol–water partition coefficient (Wildman–Crippen LogP) is 7.63. The van der Waals surface area contributed by atoms with Crippen LogP contribution in [0.4, 0.5) is 4.79 Å². The van der Waals surface area contributed by atoms with Crippen molar-refractivity contribution < 1.29 is 23.9 Å². The van der Waals surface area contributed by atoms with E-state index in [1.807, 2.05) is 53.7 Å². The first kappa shape index (κ1) is 40.8. The molecule has 62 heavy (non-hydrogen) atoms. The highest BCUT2D eigenvalue weighted by Gasteiger charge is 2.37. The molecule has 0 spiro atoms. The van der Waals surface area contributed by atoms with E-state index in [4.69, 9.17) is 19.4 Å². The Bertz CT molecular complexity index is 2480. The molecule has 9 rings (SSSR count). The minimum absolute atomic E-state index is 0.0756. The summed E-state index contributed by atoms with van der Waals surface area (Å²) in [7, 11) is 1.29. The van der Waals surface area contributed by atoms with E-state index in [0.29, 0.717) is 24.4 Å². The van der Waals surface area contributed by atoms with E-state index in [-0.39, 0.29) is 23.9 Å². The molecule has 3 amide bonds. The number of methoxy groups -OCH3 is 1. The van der Waals surface area contributed by atoms with Crippen molar-refractivity contribution in [2.45, 2.75) is 56.8 Å². The van der Waals surface area contributed by atoms with Crippen LogP contribution >= 0.6 is 0 Å². The van der Waals surface area contributed by atoms with E-state index in [9.17, 15) is 14.4 Å². The van der Waals surface area contributed by atoms with Gasteiger partial charge in [0.2, 0.25) is 5.91 Å². The van der Waals surface area contributed by atoms with Crippen LogP contribution in [0.2, 0.25) is 0 Å². The summed E-state index contributed by atoms with van der Waals surface area (Å²) in [5.41, 5.74) is 8.94. The van der Waals surface area contributed by atoms with Gasteiger partial charge in [0.05, 0.1) is 62.6 Å². The third-order valence-electron chi connectivity index (χ3n) is 12.4. The number of alkyl carbamates (subject to hydrolysis) is 1. The standard InChI is InChI=1S/C49H52N8O5/c1-61-49(60)54-45(37-9-3-2-4-10-37)48(59)57-24-8-14-43(57)47-51-31-41(53-47)36-21-17-34(18-22-36)33-15-19-35(20-16-33)40-30-50-46(52-40)42-13-7-23-56(42)44(58)29-38-11-5-6-12-39(38)32-55-25-27-62-28-26-55/h2-6,9-12,15-22,30-31,42-43,45H,7-8,13-14,23-29,32H2,1H3,(H,50,52)(H,51,53)(H,54,60)/t42-,43-,45+/m0/s1. The average molecular weight is 833 g/mol. The molecule has 3 N–H and O–H groups in total. The SMILES string of the molecule is COC(=O)N[C@@H](C(=O)N1CCC[C@H]1c1ncc(-c2ccc(-c3ccc(-c4cnc([C@@H]5CCCN5C(=O)Cc5ccccc5CN5CCOCC5)[nH]4)cc3)cc2)[nH]1)c1ccccc1. The van der Waals surface area contributed by atoms with Crippen LogP contribution in [-0.2, 0) is 32.0 Å². The van der Waals surface area contributed by atoms with Gasteiger partial charge in [0.25, 0.3) is 5.91 Å². The van der Waals surface area contributed by atoms with Crippen LogP contribution in [-0.4, -0.2) is 99.0 Å². The van der Waals surface area contributed by atoms with Gasteiger partial charge < -0.3 is 34.6 Å². The Balaban J connectivity index is 0.832. The normalized spacial score (nSPS) is 18.5. The maximum atomic E-state index is 13.9. The topological polar surface area (TPSA) is 149 Å². The van der Waals surface area contributed by atoms with Crippen molar-refractivity contribution in [2.75, 3.05) is 46.5 Å². The first-order valence-corrected chi connectivity index (χ1v) is 21.6. The van der Waals surface area contributed by atoms with E-state index in [1.165, 1.54) is 12.7 Å². The molecule has 3 aliphatic heterocycles. The van der Waals surface area contributed by atoms with Crippen molar-refractivity contribution in [3.05, 3.63) is 144 Å². The largest absolute Gasteiger partial charge is 0.453 e. The third-order valence-corrected chi connectivity index (χ3v) is 12.4. The Morgan fingerprint density at radius 2 is 1.23 bits per heavy atom. The zero-order chi connectivity index (χ0) is 42.4. The van der Waals surface area contributed by atoms with Gasteiger partial charge in [-0.3, -0.25) is 14.5 Å². The number of nitrogens with zero attached hydrogens (tertiary/aromatic N) is 5. The molecule has 318 valence electrons. The van der Waals surface area contributed by atoms with Crippen LogP contribution in [0.1, 0.15) is 72.1 Å². The molecule has 5 heterocycles. The second-order valence-corrected chi connectivity index (χ2v) is 16.3. The summed E-state index contributed by atoms with van der Waals surface area (Å²) in [6.45, 7) is 5.44. The number of nitrogens with one attached hydrogen (secondary N) is 3. The predicted molar refractivity (Wildman–Crippen MR) is 235 cm³/mol. The lowest BCUT2D eigenvalue weighted by Crippen LogP contribution is -2.42. The minimum Gasteiger partial charge on any atom is -0.453 e. The number of ether oxygens (including phenoxy) is 2. The van der Waals surface area contributed by atoms with Crippen LogP contribution in [0.15, 0.2) is 116 Å².